The molecule has 0 spiro atoms. The van der Waals surface area contributed by atoms with E-state index < -0.39 is 20.9 Å². The molecule has 1 aromatic rings. The summed E-state index contributed by atoms with van der Waals surface area (Å²) in [5.74, 6) is -0.753. The highest BCUT2D eigenvalue weighted by atomic mass is 32.2. The number of sulfonamides is 1. The first-order valence-corrected chi connectivity index (χ1v) is 6.09. The van der Waals surface area contributed by atoms with Crippen LogP contribution in [-0.2, 0) is 10.0 Å². The van der Waals surface area contributed by atoms with Gasteiger partial charge in [-0.25, -0.2) is 22.9 Å². The van der Waals surface area contributed by atoms with Crippen molar-refractivity contribution in [3.05, 3.63) is 23.6 Å². The molecule has 0 aromatic carbocycles. The second-order valence-corrected chi connectivity index (χ2v) is 4.89. The zero-order valence-electron chi connectivity index (χ0n) is 8.57. The average Bonchev–Trinajstić information content (AvgIpc) is 2.14. The minimum absolute atomic E-state index is 0.140. The maximum atomic E-state index is 13.3. The molecule has 1 heterocycles. The Morgan fingerprint density at radius 3 is 2.60 bits per heavy atom. The second kappa shape index (κ2) is 4.24. The first-order valence-electron chi connectivity index (χ1n) is 4.54. The molecule has 4 nitrogen and oxygen atoms in total. The van der Waals surface area contributed by atoms with E-state index in [4.69, 9.17) is 5.14 Å². The summed E-state index contributed by atoms with van der Waals surface area (Å²) in [6.45, 7) is 3.86. The van der Waals surface area contributed by atoms with E-state index in [1.54, 1.807) is 0 Å². The van der Waals surface area contributed by atoms with E-state index in [0.29, 0.717) is 5.56 Å². The zero-order valence-corrected chi connectivity index (χ0v) is 9.38. The average molecular weight is 232 g/mol. The molecule has 6 heteroatoms. The van der Waals surface area contributed by atoms with Crippen molar-refractivity contribution in [2.24, 2.45) is 5.14 Å². The number of pyridine rings is 1. The van der Waals surface area contributed by atoms with Crippen molar-refractivity contribution in [1.82, 2.24) is 4.98 Å². The van der Waals surface area contributed by atoms with Crippen molar-refractivity contribution in [3.63, 3.8) is 0 Å². The SMILES string of the molecule is CCC(C)c1cnc(S(N)(=O)=O)c(F)c1. The van der Waals surface area contributed by atoms with Gasteiger partial charge in [-0.1, -0.05) is 13.8 Å². The van der Waals surface area contributed by atoms with E-state index in [0.717, 1.165) is 6.42 Å². The number of halogens is 1. The molecule has 0 amide bonds. The third-order valence-electron chi connectivity index (χ3n) is 2.28. The smallest absolute Gasteiger partial charge is 0.241 e. The van der Waals surface area contributed by atoms with Crippen LogP contribution in [0.15, 0.2) is 17.3 Å². The molecule has 0 saturated carbocycles. The number of primary sulfonamides is 1. The van der Waals surface area contributed by atoms with Crippen molar-refractivity contribution in [2.45, 2.75) is 31.2 Å². The van der Waals surface area contributed by atoms with Gasteiger partial charge in [0.15, 0.2) is 5.82 Å². The maximum absolute atomic E-state index is 13.3. The van der Waals surface area contributed by atoms with E-state index >= 15 is 0 Å². The Morgan fingerprint density at radius 1 is 1.60 bits per heavy atom. The van der Waals surface area contributed by atoms with Crippen molar-refractivity contribution >= 4 is 10.0 Å². The topological polar surface area (TPSA) is 73.0 Å². The van der Waals surface area contributed by atoms with Crippen molar-refractivity contribution in [2.75, 3.05) is 0 Å². The summed E-state index contributed by atoms with van der Waals surface area (Å²) in [5, 5.41) is 4.09. The van der Waals surface area contributed by atoms with Crippen LogP contribution in [-0.4, -0.2) is 13.4 Å². The Morgan fingerprint density at radius 2 is 2.20 bits per heavy atom. The third-order valence-corrected chi connectivity index (χ3v) is 3.12. The van der Waals surface area contributed by atoms with E-state index in [2.05, 4.69) is 4.98 Å². The van der Waals surface area contributed by atoms with E-state index in [1.807, 2.05) is 13.8 Å². The van der Waals surface area contributed by atoms with Crippen LogP contribution in [0.25, 0.3) is 0 Å². The highest BCUT2D eigenvalue weighted by molar-refractivity contribution is 7.89. The molecular weight excluding hydrogens is 219 g/mol. The highest BCUT2D eigenvalue weighted by Crippen LogP contribution is 2.20. The van der Waals surface area contributed by atoms with Gasteiger partial charge in [-0.3, -0.25) is 0 Å². The van der Waals surface area contributed by atoms with Crippen LogP contribution in [0, 0.1) is 5.82 Å². The summed E-state index contributed by atoms with van der Waals surface area (Å²) in [5.41, 5.74) is 0.669. The molecule has 1 aromatic heterocycles. The van der Waals surface area contributed by atoms with Crippen molar-refractivity contribution in [3.8, 4) is 0 Å². The monoisotopic (exact) mass is 232 g/mol. The van der Waals surface area contributed by atoms with Crippen LogP contribution in [0.2, 0.25) is 0 Å². The molecule has 0 aliphatic carbocycles. The van der Waals surface area contributed by atoms with Gasteiger partial charge in [0.2, 0.25) is 5.03 Å². The van der Waals surface area contributed by atoms with Gasteiger partial charge in [-0.15, -0.1) is 0 Å². The van der Waals surface area contributed by atoms with Gasteiger partial charge in [0.1, 0.15) is 0 Å². The number of hydrogen-bond acceptors (Lipinski definition) is 3. The first kappa shape index (κ1) is 12.1. The Labute approximate surface area is 88.4 Å². The summed E-state index contributed by atoms with van der Waals surface area (Å²) < 4.78 is 35.1. The lowest BCUT2D eigenvalue weighted by Gasteiger charge is -2.09. The van der Waals surface area contributed by atoms with Crippen LogP contribution in [0.3, 0.4) is 0 Å². The van der Waals surface area contributed by atoms with E-state index in [-0.39, 0.29) is 5.92 Å². The molecule has 0 aliphatic rings. The Balaban J connectivity index is 3.21. The number of rotatable bonds is 3. The van der Waals surface area contributed by atoms with Crippen LogP contribution < -0.4 is 5.14 Å². The molecule has 0 radical (unpaired) electrons. The molecule has 0 bridgehead atoms. The van der Waals surface area contributed by atoms with Gasteiger partial charge < -0.3 is 0 Å². The van der Waals surface area contributed by atoms with Gasteiger partial charge >= 0.3 is 0 Å². The van der Waals surface area contributed by atoms with Crippen molar-refractivity contribution < 1.29 is 12.8 Å². The molecule has 0 saturated heterocycles. The van der Waals surface area contributed by atoms with E-state index in [9.17, 15) is 12.8 Å². The minimum atomic E-state index is -4.07. The summed E-state index contributed by atoms with van der Waals surface area (Å²) in [6, 6.07) is 1.17. The molecule has 1 unspecified atom stereocenters. The number of nitrogens with zero attached hydrogens (tertiary/aromatic N) is 1. The van der Waals surface area contributed by atoms with Gasteiger partial charge in [-0.05, 0) is 24.0 Å². The molecule has 1 rings (SSSR count). The second-order valence-electron chi connectivity index (χ2n) is 3.41. The molecular formula is C9H13FN2O2S. The molecule has 15 heavy (non-hydrogen) atoms. The fourth-order valence-electron chi connectivity index (χ4n) is 1.15. The number of aromatic nitrogens is 1. The lowest BCUT2D eigenvalue weighted by molar-refractivity contribution is 0.549. The molecule has 1 atom stereocenters. The van der Waals surface area contributed by atoms with E-state index in [1.165, 1.54) is 12.3 Å². The lowest BCUT2D eigenvalue weighted by Crippen LogP contribution is -2.16. The number of nitrogens with two attached hydrogens (primary N) is 1. The molecule has 0 aliphatic heterocycles. The number of hydrogen-bond donors (Lipinski definition) is 1. The Bertz CT molecular complexity index is 459. The van der Waals surface area contributed by atoms with Gasteiger partial charge in [0, 0.05) is 6.20 Å². The maximum Gasteiger partial charge on any atom is 0.258 e. The standard InChI is InChI=1S/C9H13FN2O2S/c1-3-6(2)7-4-8(10)9(12-5-7)15(11,13)14/h4-6H,3H2,1-2H3,(H2,11,13,14). The summed E-state index contributed by atoms with van der Waals surface area (Å²) in [7, 11) is -4.07. The van der Waals surface area contributed by atoms with Crippen LogP contribution in [0.4, 0.5) is 4.39 Å². The van der Waals surface area contributed by atoms with Gasteiger partial charge in [0.05, 0.1) is 0 Å². The zero-order chi connectivity index (χ0) is 11.6. The Kier molecular flexibility index (Phi) is 3.41. The normalized spacial score (nSPS) is 13.9. The molecule has 84 valence electrons. The fourth-order valence-corrected chi connectivity index (χ4v) is 1.69. The van der Waals surface area contributed by atoms with Crippen LogP contribution in [0.1, 0.15) is 31.7 Å². The van der Waals surface area contributed by atoms with Crippen LogP contribution >= 0.6 is 0 Å². The minimum Gasteiger partial charge on any atom is -0.241 e. The fraction of sp³-hybridized carbons (Fsp3) is 0.444. The van der Waals surface area contributed by atoms with Crippen molar-refractivity contribution in [1.29, 1.82) is 0 Å². The Hall–Kier alpha value is -1.01. The quantitative estimate of drug-likeness (QED) is 0.855. The summed E-state index contributed by atoms with van der Waals surface area (Å²) in [6.07, 6.45) is 2.17. The summed E-state index contributed by atoms with van der Waals surface area (Å²) in [4.78, 5) is 3.53. The highest BCUT2D eigenvalue weighted by Gasteiger charge is 2.17. The third kappa shape index (κ3) is 2.73. The van der Waals surface area contributed by atoms with Crippen LogP contribution in [0.5, 0.6) is 0 Å². The predicted octanol–water partition coefficient (Wildman–Crippen LogP) is 1.38. The molecule has 2 N–H and O–H groups in total. The van der Waals surface area contributed by atoms with Gasteiger partial charge in [0.25, 0.3) is 10.0 Å². The largest absolute Gasteiger partial charge is 0.258 e. The summed E-state index contributed by atoms with van der Waals surface area (Å²) >= 11 is 0. The lowest BCUT2D eigenvalue weighted by atomic mass is 10.0. The predicted molar refractivity (Wildman–Crippen MR) is 54.3 cm³/mol. The first-order chi connectivity index (χ1) is 6.86. The molecule has 0 fully saturated rings. The van der Waals surface area contributed by atoms with Gasteiger partial charge in [-0.2, -0.15) is 0 Å².